The van der Waals surface area contributed by atoms with Crippen LogP contribution in [0.1, 0.15) is 22.3 Å². The lowest BCUT2D eigenvalue weighted by Gasteiger charge is -2.32. The quantitative estimate of drug-likeness (QED) is 0.608. The second-order valence-corrected chi connectivity index (χ2v) is 10.2. The van der Waals surface area contributed by atoms with Crippen LogP contribution in [0.25, 0.3) is 0 Å². The number of nitrogens with zero attached hydrogens (tertiary/aromatic N) is 4. The number of morpholine rings is 1. The zero-order valence-electron chi connectivity index (χ0n) is 22.4. The largest absolute Gasteiger partial charge is 0.378 e. The van der Waals surface area contributed by atoms with Crippen LogP contribution in [0.4, 0.5) is 16.2 Å². The number of carbonyl (C=O) groups is 3. The molecular weight excluding hydrogens is 496 g/mol. The minimum atomic E-state index is -0.131. The zero-order chi connectivity index (χ0) is 27.0. The molecule has 0 unspecified atom stereocenters. The van der Waals surface area contributed by atoms with Gasteiger partial charge in [0.25, 0.3) is 5.91 Å². The Hall–Kier alpha value is -3.63. The van der Waals surface area contributed by atoms with Gasteiger partial charge in [0.2, 0.25) is 5.91 Å². The van der Waals surface area contributed by atoms with Gasteiger partial charge in [-0.05, 0) is 30.2 Å². The van der Waals surface area contributed by atoms with E-state index >= 15 is 0 Å². The topological polar surface area (TPSA) is 97.5 Å². The van der Waals surface area contributed by atoms with E-state index in [1.807, 2.05) is 63.2 Å². The lowest BCUT2D eigenvalue weighted by Crippen LogP contribution is -2.49. The maximum atomic E-state index is 13.3. The Balaban J connectivity index is 1.34. The van der Waals surface area contributed by atoms with Crippen LogP contribution in [-0.2, 0) is 16.0 Å². The third-order valence-corrected chi connectivity index (χ3v) is 7.52. The van der Waals surface area contributed by atoms with Crippen molar-refractivity contribution in [3.8, 4) is 0 Å². The lowest BCUT2D eigenvalue weighted by atomic mass is 10.1. The summed E-state index contributed by atoms with van der Waals surface area (Å²) in [5.74, 6) is -0.159. The molecule has 0 aromatic heterocycles. The maximum Gasteiger partial charge on any atom is 0.320 e. The minimum absolute atomic E-state index is 0.0280. The van der Waals surface area contributed by atoms with Gasteiger partial charge in [-0.3, -0.25) is 9.59 Å². The number of hydrogen-bond acceptors (Lipinski definition) is 6. The van der Waals surface area contributed by atoms with E-state index in [0.717, 1.165) is 37.3 Å². The summed E-state index contributed by atoms with van der Waals surface area (Å²) in [6.45, 7) is 7.95. The molecule has 0 aliphatic carbocycles. The number of hydrogen-bond donors (Lipinski definition) is 2. The Morgan fingerprint density at radius 3 is 2.31 bits per heavy atom. The molecule has 4 amide bonds. The average molecular weight is 535 g/mol. The molecule has 5 rings (SSSR count). The van der Waals surface area contributed by atoms with E-state index in [9.17, 15) is 14.4 Å². The molecule has 3 fully saturated rings. The molecular formula is C29H38N6O4. The van der Waals surface area contributed by atoms with Gasteiger partial charge < -0.3 is 35.0 Å². The van der Waals surface area contributed by atoms with Gasteiger partial charge >= 0.3 is 6.03 Å². The number of piperazine rings is 1. The fraction of sp³-hybridized carbons (Fsp3) is 0.483. The van der Waals surface area contributed by atoms with Crippen LogP contribution in [0.3, 0.4) is 0 Å². The number of nitrogens with one attached hydrogen (secondary N) is 2. The highest BCUT2D eigenvalue weighted by atomic mass is 16.5. The normalized spacial score (nSPS) is 18.5. The first kappa shape index (κ1) is 27.0. The van der Waals surface area contributed by atoms with Crippen LogP contribution < -0.4 is 15.5 Å². The summed E-state index contributed by atoms with van der Waals surface area (Å²) in [6, 6.07) is 15.3. The van der Waals surface area contributed by atoms with E-state index in [1.165, 1.54) is 0 Å². The van der Waals surface area contributed by atoms with Crippen LogP contribution in [0.15, 0.2) is 48.5 Å². The van der Waals surface area contributed by atoms with Crippen molar-refractivity contribution in [3.05, 3.63) is 59.7 Å². The first-order chi connectivity index (χ1) is 19.1. The summed E-state index contributed by atoms with van der Waals surface area (Å²) in [5, 5.41) is 6.37. The highest BCUT2D eigenvalue weighted by molar-refractivity contribution is 6.00. The smallest absolute Gasteiger partial charge is 0.320 e. The molecule has 208 valence electrons. The monoisotopic (exact) mass is 534 g/mol. The highest BCUT2D eigenvalue weighted by Gasteiger charge is 2.27. The fourth-order valence-electron chi connectivity index (χ4n) is 5.38. The number of anilines is 2. The minimum Gasteiger partial charge on any atom is -0.378 e. The third kappa shape index (κ3) is 6.88. The molecule has 3 saturated heterocycles. The van der Waals surface area contributed by atoms with Gasteiger partial charge in [0, 0.05) is 71.0 Å². The third-order valence-electron chi connectivity index (χ3n) is 7.52. The van der Waals surface area contributed by atoms with E-state index in [2.05, 4.69) is 15.5 Å². The Morgan fingerprint density at radius 1 is 0.795 bits per heavy atom. The fourth-order valence-corrected chi connectivity index (χ4v) is 5.38. The van der Waals surface area contributed by atoms with Crippen LogP contribution >= 0.6 is 0 Å². The van der Waals surface area contributed by atoms with Gasteiger partial charge in [-0.2, -0.15) is 0 Å². The number of benzene rings is 2. The second-order valence-electron chi connectivity index (χ2n) is 10.2. The van der Waals surface area contributed by atoms with Gasteiger partial charge in [0.1, 0.15) is 0 Å². The molecule has 3 aliphatic rings. The van der Waals surface area contributed by atoms with Crippen LogP contribution in [0.2, 0.25) is 0 Å². The summed E-state index contributed by atoms with van der Waals surface area (Å²) < 4.78 is 5.40. The molecule has 2 aromatic rings. The number of carbonyl (C=O) groups excluding carboxylic acids is 3. The summed E-state index contributed by atoms with van der Waals surface area (Å²) in [4.78, 5) is 47.3. The molecule has 3 aliphatic heterocycles. The summed E-state index contributed by atoms with van der Waals surface area (Å²) in [5.41, 5.74) is 2.99. The van der Waals surface area contributed by atoms with Crippen molar-refractivity contribution in [2.75, 3.05) is 88.9 Å². The van der Waals surface area contributed by atoms with Crippen molar-refractivity contribution in [1.29, 1.82) is 0 Å². The molecule has 0 spiro atoms. The van der Waals surface area contributed by atoms with Crippen molar-refractivity contribution in [3.63, 3.8) is 0 Å². The van der Waals surface area contributed by atoms with E-state index in [4.69, 9.17) is 4.74 Å². The molecule has 0 bridgehead atoms. The van der Waals surface area contributed by atoms with Crippen LogP contribution in [0.5, 0.6) is 0 Å². The summed E-state index contributed by atoms with van der Waals surface area (Å²) in [6.07, 6.45) is 1.06. The molecule has 39 heavy (non-hydrogen) atoms. The van der Waals surface area contributed by atoms with Gasteiger partial charge in [-0.15, -0.1) is 0 Å². The molecule has 2 N–H and O–H groups in total. The predicted molar refractivity (Wildman–Crippen MR) is 150 cm³/mol. The van der Waals surface area contributed by atoms with Gasteiger partial charge in [0.05, 0.1) is 31.0 Å². The van der Waals surface area contributed by atoms with E-state index in [0.29, 0.717) is 70.3 Å². The molecule has 2 aromatic carbocycles. The Kier molecular flexibility index (Phi) is 8.95. The van der Waals surface area contributed by atoms with Gasteiger partial charge in [-0.25, -0.2) is 4.79 Å². The number of ether oxygens (including phenoxy) is 1. The maximum absolute atomic E-state index is 13.3. The summed E-state index contributed by atoms with van der Waals surface area (Å²) >= 11 is 0. The van der Waals surface area contributed by atoms with Crippen molar-refractivity contribution in [2.45, 2.75) is 12.8 Å². The van der Waals surface area contributed by atoms with Crippen molar-refractivity contribution < 1.29 is 19.1 Å². The predicted octanol–water partition coefficient (Wildman–Crippen LogP) is 1.88. The Labute approximate surface area is 229 Å². The lowest BCUT2D eigenvalue weighted by molar-refractivity contribution is -0.115. The first-order valence-electron chi connectivity index (χ1n) is 13.9. The highest BCUT2D eigenvalue weighted by Crippen LogP contribution is 2.29. The Bertz CT molecular complexity index is 1150. The van der Waals surface area contributed by atoms with E-state index in [-0.39, 0.29) is 24.3 Å². The second kappa shape index (κ2) is 12.9. The van der Waals surface area contributed by atoms with Gasteiger partial charge in [0.15, 0.2) is 0 Å². The van der Waals surface area contributed by atoms with Crippen LogP contribution in [-0.4, -0.2) is 111 Å². The zero-order valence-corrected chi connectivity index (χ0v) is 22.4. The molecule has 3 heterocycles. The van der Waals surface area contributed by atoms with E-state index in [1.54, 1.807) is 0 Å². The van der Waals surface area contributed by atoms with Crippen LogP contribution in [0, 0.1) is 0 Å². The average Bonchev–Trinajstić information content (AvgIpc) is 3.24. The molecule has 10 heteroatoms. The molecule has 0 saturated carbocycles. The standard InChI is InChI=1S/C29H38N6O4/c36-27(21-23-5-2-1-3-6-23)31-25-22-24(28(37)33-13-9-30-10-14-33)7-8-26(25)32-11-4-12-34(16-15-32)29(38)35-17-19-39-20-18-35/h1-3,5-8,22,30H,4,9-21H2,(H,31,36). The number of urea groups is 1. The molecule has 0 radical (unpaired) electrons. The molecule has 0 atom stereocenters. The molecule has 10 nitrogen and oxygen atoms in total. The summed E-state index contributed by atoms with van der Waals surface area (Å²) in [7, 11) is 0. The SMILES string of the molecule is O=C(Cc1ccccc1)Nc1cc(C(=O)N2CCNCC2)ccc1N1CCCN(C(=O)N2CCOCC2)CC1. The van der Waals surface area contributed by atoms with Crippen molar-refractivity contribution in [2.24, 2.45) is 0 Å². The van der Waals surface area contributed by atoms with E-state index < -0.39 is 0 Å². The first-order valence-corrected chi connectivity index (χ1v) is 13.9. The van der Waals surface area contributed by atoms with Gasteiger partial charge in [-0.1, -0.05) is 30.3 Å². The number of amides is 4. The number of rotatable bonds is 5. The van der Waals surface area contributed by atoms with Crippen molar-refractivity contribution in [1.82, 2.24) is 20.0 Å². The Morgan fingerprint density at radius 2 is 1.54 bits per heavy atom. The van der Waals surface area contributed by atoms with Crippen molar-refractivity contribution >= 4 is 29.2 Å².